The molecule has 20 heavy (non-hydrogen) atoms. The second kappa shape index (κ2) is 8.42. The van der Waals surface area contributed by atoms with Gasteiger partial charge in [0.05, 0.1) is 6.20 Å². The lowest BCUT2D eigenvalue weighted by molar-refractivity contribution is 0.266. The third-order valence-electron chi connectivity index (χ3n) is 4.06. The van der Waals surface area contributed by atoms with Gasteiger partial charge in [-0.05, 0) is 30.7 Å². The van der Waals surface area contributed by atoms with Crippen molar-refractivity contribution >= 4 is 0 Å². The highest BCUT2D eigenvalue weighted by Crippen LogP contribution is 2.21. The largest absolute Gasteiger partial charge is 0.329 e. The number of hydrogen-bond donors (Lipinski definition) is 2. The number of nitrogens with zero attached hydrogens (tertiary/aromatic N) is 2. The molecular formula is C16H32N4. The van der Waals surface area contributed by atoms with Gasteiger partial charge in [-0.3, -0.25) is 4.68 Å². The van der Waals surface area contributed by atoms with Gasteiger partial charge in [-0.2, -0.15) is 5.10 Å². The minimum Gasteiger partial charge on any atom is -0.329 e. The van der Waals surface area contributed by atoms with Crippen LogP contribution in [0.15, 0.2) is 12.4 Å². The average Bonchev–Trinajstić information content (AvgIpc) is 2.82. The summed E-state index contributed by atoms with van der Waals surface area (Å²) < 4.78 is 2.00. The van der Waals surface area contributed by atoms with E-state index in [1.54, 1.807) is 0 Å². The van der Waals surface area contributed by atoms with Crippen molar-refractivity contribution in [2.75, 3.05) is 13.1 Å². The Bertz CT molecular complexity index is 362. The van der Waals surface area contributed by atoms with E-state index in [0.29, 0.717) is 24.3 Å². The monoisotopic (exact) mass is 280 g/mol. The number of nitrogens with one attached hydrogen (secondary N) is 1. The Morgan fingerprint density at radius 2 is 1.90 bits per heavy atom. The third kappa shape index (κ3) is 4.91. The number of hydrogen-bond acceptors (Lipinski definition) is 3. The molecule has 0 spiro atoms. The summed E-state index contributed by atoms with van der Waals surface area (Å²) in [4.78, 5) is 0. The molecule has 0 amide bonds. The van der Waals surface area contributed by atoms with E-state index in [-0.39, 0.29) is 6.04 Å². The Morgan fingerprint density at radius 1 is 1.25 bits per heavy atom. The normalized spacial score (nSPS) is 13.7. The van der Waals surface area contributed by atoms with Crippen molar-refractivity contribution in [2.24, 2.45) is 23.5 Å². The van der Waals surface area contributed by atoms with E-state index in [9.17, 15) is 0 Å². The summed E-state index contributed by atoms with van der Waals surface area (Å²) in [6.07, 6.45) is 5.17. The summed E-state index contributed by atoms with van der Waals surface area (Å²) in [6.45, 7) is 13.9. The van der Waals surface area contributed by atoms with Gasteiger partial charge in [0.1, 0.15) is 0 Å². The summed E-state index contributed by atoms with van der Waals surface area (Å²) >= 11 is 0. The maximum Gasteiger partial charge on any atom is 0.0538 e. The van der Waals surface area contributed by atoms with E-state index in [2.05, 4.69) is 51.2 Å². The Labute approximate surface area is 124 Å². The Hall–Kier alpha value is -0.870. The van der Waals surface area contributed by atoms with Crippen molar-refractivity contribution in [1.29, 1.82) is 0 Å². The quantitative estimate of drug-likeness (QED) is 0.731. The van der Waals surface area contributed by atoms with Crippen molar-refractivity contribution in [3.8, 4) is 0 Å². The molecule has 1 atom stereocenters. The third-order valence-corrected chi connectivity index (χ3v) is 4.06. The SMILES string of the molecule is CCCn1cc(C(CN)NCC(C(C)C)C(C)C)cn1. The smallest absolute Gasteiger partial charge is 0.0538 e. The lowest BCUT2D eigenvalue weighted by atomic mass is 9.85. The fourth-order valence-electron chi connectivity index (χ4n) is 2.77. The van der Waals surface area contributed by atoms with Gasteiger partial charge >= 0.3 is 0 Å². The van der Waals surface area contributed by atoms with Gasteiger partial charge in [0.15, 0.2) is 0 Å². The first-order chi connectivity index (χ1) is 9.49. The molecule has 116 valence electrons. The van der Waals surface area contributed by atoms with Gasteiger partial charge < -0.3 is 11.1 Å². The summed E-state index contributed by atoms with van der Waals surface area (Å²) in [5, 5.41) is 8.02. The Balaban J connectivity index is 2.61. The van der Waals surface area contributed by atoms with Gasteiger partial charge in [-0.1, -0.05) is 34.6 Å². The highest BCUT2D eigenvalue weighted by Gasteiger charge is 2.19. The van der Waals surface area contributed by atoms with Crippen LogP contribution >= 0.6 is 0 Å². The second-order valence-corrected chi connectivity index (χ2v) is 6.39. The fraction of sp³-hybridized carbons (Fsp3) is 0.812. The lowest BCUT2D eigenvalue weighted by Crippen LogP contribution is -2.35. The first-order valence-electron chi connectivity index (χ1n) is 7.95. The summed E-state index contributed by atoms with van der Waals surface area (Å²) in [5.41, 5.74) is 7.13. The number of aryl methyl sites for hydroxylation is 1. The number of nitrogens with two attached hydrogens (primary N) is 1. The van der Waals surface area contributed by atoms with E-state index >= 15 is 0 Å². The van der Waals surface area contributed by atoms with Gasteiger partial charge in [0.2, 0.25) is 0 Å². The van der Waals surface area contributed by atoms with Crippen LogP contribution < -0.4 is 11.1 Å². The molecule has 1 heterocycles. The van der Waals surface area contributed by atoms with Crippen LogP contribution in [-0.4, -0.2) is 22.9 Å². The first kappa shape index (κ1) is 17.2. The Morgan fingerprint density at radius 3 is 2.40 bits per heavy atom. The average molecular weight is 280 g/mol. The maximum absolute atomic E-state index is 5.93. The molecule has 1 aromatic heterocycles. The maximum atomic E-state index is 5.93. The van der Waals surface area contributed by atoms with Crippen molar-refractivity contribution in [3.05, 3.63) is 18.0 Å². The highest BCUT2D eigenvalue weighted by atomic mass is 15.3. The van der Waals surface area contributed by atoms with Crippen molar-refractivity contribution in [2.45, 2.75) is 53.6 Å². The molecule has 0 aliphatic rings. The molecule has 1 rings (SSSR count). The molecule has 1 aromatic rings. The molecule has 1 unspecified atom stereocenters. The van der Waals surface area contributed by atoms with E-state index in [1.165, 1.54) is 5.56 Å². The predicted octanol–water partition coefficient (Wildman–Crippen LogP) is 2.81. The number of rotatable bonds is 9. The molecule has 0 aliphatic carbocycles. The Kier molecular flexibility index (Phi) is 7.24. The van der Waals surface area contributed by atoms with Crippen molar-refractivity contribution < 1.29 is 0 Å². The van der Waals surface area contributed by atoms with Crippen LogP contribution in [-0.2, 0) is 6.54 Å². The minimum atomic E-state index is 0.209. The molecule has 0 aromatic carbocycles. The van der Waals surface area contributed by atoms with Gasteiger partial charge in [0.25, 0.3) is 0 Å². The van der Waals surface area contributed by atoms with Crippen LogP contribution in [0.1, 0.15) is 52.6 Å². The van der Waals surface area contributed by atoms with Crippen LogP contribution in [0.2, 0.25) is 0 Å². The topological polar surface area (TPSA) is 55.9 Å². The summed E-state index contributed by atoms with van der Waals surface area (Å²) in [6, 6.07) is 0.209. The molecule has 0 saturated heterocycles. The second-order valence-electron chi connectivity index (χ2n) is 6.39. The molecule has 0 radical (unpaired) electrons. The zero-order chi connectivity index (χ0) is 15.1. The zero-order valence-corrected chi connectivity index (χ0v) is 13.8. The standard InChI is InChI=1S/C16H32N4/c1-6-7-20-11-14(9-19-20)16(8-17)18-10-15(12(2)3)13(4)5/h9,11-13,15-16,18H,6-8,10,17H2,1-5H3. The van der Waals surface area contributed by atoms with E-state index in [4.69, 9.17) is 5.73 Å². The molecule has 0 fully saturated rings. The molecule has 4 nitrogen and oxygen atoms in total. The number of aromatic nitrogens is 2. The van der Waals surface area contributed by atoms with Gasteiger partial charge in [0, 0.05) is 30.9 Å². The van der Waals surface area contributed by atoms with Crippen LogP contribution in [0.3, 0.4) is 0 Å². The van der Waals surface area contributed by atoms with Crippen LogP contribution in [0.4, 0.5) is 0 Å². The minimum absolute atomic E-state index is 0.209. The fourth-order valence-corrected chi connectivity index (χ4v) is 2.77. The predicted molar refractivity (Wildman–Crippen MR) is 85.5 cm³/mol. The zero-order valence-electron chi connectivity index (χ0n) is 13.8. The highest BCUT2D eigenvalue weighted by molar-refractivity contribution is 5.11. The molecular weight excluding hydrogens is 248 g/mol. The van der Waals surface area contributed by atoms with Crippen molar-refractivity contribution in [1.82, 2.24) is 15.1 Å². The van der Waals surface area contributed by atoms with Crippen LogP contribution in [0.5, 0.6) is 0 Å². The lowest BCUT2D eigenvalue weighted by Gasteiger charge is -2.27. The van der Waals surface area contributed by atoms with E-state index < -0.39 is 0 Å². The summed E-state index contributed by atoms with van der Waals surface area (Å²) in [7, 11) is 0. The van der Waals surface area contributed by atoms with E-state index in [1.807, 2.05) is 10.9 Å². The van der Waals surface area contributed by atoms with Crippen LogP contribution in [0, 0.1) is 17.8 Å². The van der Waals surface area contributed by atoms with Gasteiger partial charge in [-0.25, -0.2) is 0 Å². The van der Waals surface area contributed by atoms with Gasteiger partial charge in [-0.15, -0.1) is 0 Å². The summed E-state index contributed by atoms with van der Waals surface area (Å²) in [5.74, 6) is 2.04. The molecule has 4 heteroatoms. The molecule has 3 N–H and O–H groups in total. The van der Waals surface area contributed by atoms with Crippen LogP contribution in [0.25, 0.3) is 0 Å². The van der Waals surface area contributed by atoms with E-state index in [0.717, 1.165) is 19.5 Å². The molecule has 0 bridgehead atoms. The first-order valence-corrected chi connectivity index (χ1v) is 7.95. The van der Waals surface area contributed by atoms with Crippen molar-refractivity contribution in [3.63, 3.8) is 0 Å². The molecule has 0 aliphatic heterocycles. The molecule has 0 saturated carbocycles.